The summed E-state index contributed by atoms with van der Waals surface area (Å²) in [4.78, 5) is 13.7. The quantitative estimate of drug-likeness (QED) is 0.654. The van der Waals surface area contributed by atoms with E-state index >= 15 is 0 Å². The first-order valence-corrected chi connectivity index (χ1v) is 9.63. The van der Waals surface area contributed by atoms with E-state index in [-0.39, 0.29) is 5.91 Å². The predicted octanol–water partition coefficient (Wildman–Crippen LogP) is 3.40. The lowest BCUT2D eigenvalue weighted by molar-refractivity contribution is -0.122. The predicted molar refractivity (Wildman–Crippen MR) is 106 cm³/mol. The van der Waals surface area contributed by atoms with E-state index in [1.807, 2.05) is 31.0 Å². The Hall–Kier alpha value is -1.77. The van der Waals surface area contributed by atoms with E-state index in [1.165, 1.54) is 16.9 Å². The summed E-state index contributed by atoms with van der Waals surface area (Å²) in [6.45, 7) is 5.66. The van der Waals surface area contributed by atoms with Crippen LogP contribution >= 0.6 is 23.6 Å². The Labute approximate surface area is 157 Å². The van der Waals surface area contributed by atoms with E-state index in [0.717, 1.165) is 23.7 Å². The van der Waals surface area contributed by atoms with E-state index in [4.69, 9.17) is 12.2 Å². The SMILES string of the molecule is CCCNC(=O)CN(C)Cn1nc(Nc2ccc(CC)cc2)sc1=S. The summed E-state index contributed by atoms with van der Waals surface area (Å²) >= 11 is 6.80. The summed E-state index contributed by atoms with van der Waals surface area (Å²) in [6.07, 6.45) is 1.95. The minimum atomic E-state index is 0.0143. The molecule has 0 fully saturated rings. The van der Waals surface area contributed by atoms with Crippen LogP contribution in [-0.4, -0.2) is 40.7 Å². The molecule has 0 atom stereocenters. The van der Waals surface area contributed by atoms with Gasteiger partial charge in [-0.3, -0.25) is 9.69 Å². The van der Waals surface area contributed by atoms with Crippen LogP contribution in [0, 0.1) is 3.95 Å². The van der Waals surface area contributed by atoms with Crippen molar-refractivity contribution in [2.45, 2.75) is 33.4 Å². The number of hydrogen-bond acceptors (Lipinski definition) is 6. The van der Waals surface area contributed by atoms with Gasteiger partial charge in [0.1, 0.15) is 0 Å². The largest absolute Gasteiger partial charge is 0.355 e. The fourth-order valence-electron chi connectivity index (χ4n) is 2.24. The number of nitrogens with zero attached hydrogens (tertiary/aromatic N) is 3. The van der Waals surface area contributed by atoms with Crippen LogP contribution in [0.5, 0.6) is 0 Å². The molecule has 1 aromatic heterocycles. The molecule has 0 aliphatic heterocycles. The molecule has 0 spiro atoms. The van der Waals surface area contributed by atoms with Crippen molar-refractivity contribution in [3.8, 4) is 0 Å². The first kappa shape index (κ1) is 19.6. The number of carbonyl (C=O) groups excluding carboxylic acids is 1. The molecule has 0 aliphatic carbocycles. The Balaban J connectivity index is 1.94. The van der Waals surface area contributed by atoms with Crippen molar-refractivity contribution in [2.75, 3.05) is 25.5 Å². The van der Waals surface area contributed by atoms with Crippen LogP contribution in [0.25, 0.3) is 0 Å². The zero-order valence-electron chi connectivity index (χ0n) is 14.9. The summed E-state index contributed by atoms with van der Waals surface area (Å²) in [5.41, 5.74) is 2.28. The van der Waals surface area contributed by atoms with Gasteiger partial charge in [-0.15, -0.1) is 5.10 Å². The Morgan fingerprint density at radius 3 is 2.68 bits per heavy atom. The zero-order valence-corrected chi connectivity index (χ0v) is 16.5. The van der Waals surface area contributed by atoms with Crippen molar-refractivity contribution in [1.82, 2.24) is 20.0 Å². The van der Waals surface area contributed by atoms with E-state index < -0.39 is 0 Å². The Bertz CT molecular complexity index is 738. The molecule has 1 amide bonds. The summed E-state index contributed by atoms with van der Waals surface area (Å²) in [5.74, 6) is 0.0143. The second-order valence-electron chi connectivity index (χ2n) is 5.85. The van der Waals surface area contributed by atoms with Gasteiger partial charge in [-0.2, -0.15) is 0 Å². The van der Waals surface area contributed by atoms with Crippen LogP contribution < -0.4 is 10.6 Å². The van der Waals surface area contributed by atoms with Gasteiger partial charge in [0, 0.05) is 12.2 Å². The third-order valence-corrected chi connectivity index (χ3v) is 4.80. The summed E-state index contributed by atoms with van der Waals surface area (Å²) in [6, 6.07) is 8.28. The lowest BCUT2D eigenvalue weighted by atomic mass is 10.1. The van der Waals surface area contributed by atoms with Crippen LogP contribution in [0.1, 0.15) is 25.8 Å². The molecule has 2 rings (SSSR count). The minimum absolute atomic E-state index is 0.0143. The highest BCUT2D eigenvalue weighted by atomic mass is 32.1. The van der Waals surface area contributed by atoms with Crippen molar-refractivity contribution in [3.63, 3.8) is 0 Å². The fraction of sp³-hybridized carbons (Fsp3) is 0.471. The fourth-order valence-corrected chi connectivity index (χ4v) is 3.25. The number of amides is 1. The number of hydrogen-bond donors (Lipinski definition) is 2. The maximum atomic E-state index is 11.8. The molecule has 0 saturated carbocycles. The summed E-state index contributed by atoms with van der Waals surface area (Å²) < 4.78 is 2.41. The number of anilines is 2. The second-order valence-corrected chi connectivity index (χ2v) is 7.48. The molecule has 0 unspecified atom stereocenters. The van der Waals surface area contributed by atoms with E-state index in [2.05, 4.69) is 34.8 Å². The average molecular weight is 380 g/mol. The zero-order chi connectivity index (χ0) is 18.2. The Morgan fingerprint density at radius 1 is 1.32 bits per heavy atom. The first-order chi connectivity index (χ1) is 12.0. The van der Waals surface area contributed by atoms with Gasteiger partial charge in [0.15, 0.2) is 3.95 Å². The minimum Gasteiger partial charge on any atom is -0.355 e. The van der Waals surface area contributed by atoms with Crippen molar-refractivity contribution in [2.24, 2.45) is 0 Å². The van der Waals surface area contributed by atoms with E-state index in [1.54, 1.807) is 4.68 Å². The van der Waals surface area contributed by atoms with Gasteiger partial charge in [0.2, 0.25) is 11.0 Å². The summed E-state index contributed by atoms with van der Waals surface area (Å²) in [5, 5.41) is 11.4. The molecular weight excluding hydrogens is 354 g/mol. The maximum absolute atomic E-state index is 11.8. The van der Waals surface area contributed by atoms with Crippen molar-refractivity contribution in [3.05, 3.63) is 33.8 Å². The molecule has 6 nitrogen and oxygen atoms in total. The molecule has 8 heteroatoms. The highest BCUT2D eigenvalue weighted by Crippen LogP contribution is 2.21. The molecule has 2 N–H and O–H groups in total. The molecule has 1 aromatic carbocycles. The third-order valence-electron chi connectivity index (χ3n) is 3.58. The number of rotatable bonds is 9. The molecule has 25 heavy (non-hydrogen) atoms. The Kier molecular flexibility index (Phi) is 7.54. The average Bonchev–Trinajstić information content (AvgIpc) is 2.92. The van der Waals surface area contributed by atoms with E-state index in [9.17, 15) is 4.79 Å². The molecule has 0 saturated heterocycles. The maximum Gasteiger partial charge on any atom is 0.234 e. The lowest BCUT2D eigenvalue weighted by Crippen LogP contribution is -2.36. The van der Waals surface area contributed by atoms with Crippen molar-refractivity contribution in [1.29, 1.82) is 0 Å². The van der Waals surface area contributed by atoms with Crippen LogP contribution in [-0.2, 0) is 17.9 Å². The molecule has 0 aliphatic rings. The first-order valence-electron chi connectivity index (χ1n) is 8.41. The number of benzene rings is 1. The van der Waals surface area contributed by atoms with Gasteiger partial charge < -0.3 is 10.6 Å². The topological polar surface area (TPSA) is 62.2 Å². The Morgan fingerprint density at radius 2 is 2.04 bits per heavy atom. The van der Waals surface area contributed by atoms with Crippen LogP contribution in [0.15, 0.2) is 24.3 Å². The van der Waals surface area contributed by atoms with Crippen LogP contribution in [0.2, 0.25) is 0 Å². The molecule has 1 heterocycles. The monoisotopic (exact) mass is 379 g/mol. The van der Waals surface area contributed by atoms with Gasteiger partial charge in [-0.1, -0.05) is 37.3 Å². The molecular formula is C17H25N5OS2. The normalized spacial score (nSPS) is 10.9. The van der Waals surface area contributed by atoms with Gasteiger partial charge in [0.25, 0.3) is 0 Å². The van der Waals surface area contributed by atoms with Crippen LogP contribution in [0.4, 0.5) is 10.8 Å². The summed E-state index contributed by atoms with van der Waals surface area (Å²) in [7, 11) is 1.88. The van der Waals surface area contributed by atoms with Gasteiger partial charge in [-0.25, -0.2) is 4.68 Å². The molecule has 0 bridgehead atoms. The van der Waals surface area contributed by atoms with Gasteiger partial charge in [-0.05, 0) is 49.8 Å². The number of likely N-dealkylation sites (N-methyl/N-ethyl adjacent to an activating group) is 1. The number of aryl methyl sites for hydroxylation is 1. The van der Waals surface area contributed by atoms with E-state index in [0.29, 0.717) is 23.7 Å². The smallest absolute Gasteiger partial charge is 0.234 e. The number of carbonyl (C=O) groups is 1. The van der Waals surface area contributed by atoms with Crippen molar-refractivity contribution < 1.29 is 4.79 Å². The highest BCUT2D eigenvalue weighted by Gasteiger charge is 2.09. The van der Waals surface area contributed by atoms with Crippen LogP contribution in [0.3, 0.4) is 0 Å². The molecule has 0 radical (unpaired) electrons. The molecule has 136 valence electrons. The number of nitrogens with one attached hydrogen (secondary N) is 2. The second kappa shape index (κ2) is 9.65. The highest BCUT2D eigenvalue weighted by molar-refractivity contribution is 7.73. The lowest BCUT2D eigenvalue weighted by Gasteiger charge is -2.15. The molecule has 2 aromatic rings. The third kappa shape index (κ3) is 6.22. The van der Waals surface area contributed by atoms with Gasteiger partial charge in [0.05, 0.1) is 13.2 Å². The van der Waals surface area contributed by atoms with Gasteiger partial charge >= 0.3 is 0 Å². The standard InChI is InChI=1S/C17H25N5OS2/c1-4-10-18-15(23)11-21(3)12-22-17(24)25-16(20-22)19-14-8-6-13(5-2)7-9-14/h6-9H,4-5,10-12H2,1-3H3,(H,18,23)(H,19,20). The number of aromatic nitrogens is 2. The van der Waals surface area contributed by atoms with Crippen molar-refractivity contribution >= 4 is 40.3 Å².